The Hall–Kier alpha value is -1.62. The maximum Gasteiger partial charge on any atom is 0.252 e. The molecule has 0 radical (unpaired) electrons. The molecule has 2 aromatic rings. The highest BCUT2D eigenvalue weighted by atomic mass is 79.9. The first kappa shape index (κ1) is 14.3. The molecule has 1 heterocycles. The molecule has 1 amide bonds. The van der Waals surface area contributed by atoms with Gasteiger partial charge in [-0.25, -0.2) is 4.98 Å². The molecule has 0 saturated heterocycles. The Balaban J connectivity index is 1.75. The molecule has 0 aliphatic heterocycles. The molecule has 2 atom stereocenters. The summed E-state index contributed by atoms with van der Waals surface area (Å²) in [5.41, 5.74) is 1.83. The van der Waals surface area contributed by atoms with Crippen molar-refractivity contribution in [2.75, 3.05) is 0 Å². The van der Waals surface area contributed by atoms with Crippen molar-refractivity contribution >= 4 is 21.8 Å². The lowest BCUT2D eigenvalue weighted by Crippen LogP contribution is -2.38. The summed E-state index contributed by atoms with van der Waals surface area (Å²) in [4.78, 5) is 16.6. The number of hydrogen-bond acceptors (Lipinski definition) is 2. The molecule has 0 spiro atoms. The van der Waals surface area contributed by atoms with E-state index in [1.54, 1.807) is 6.20 Å². The number of hydrogen-bond donors (Lipinski definition) is 1. The van der Waals surface area contributed by atoms with Gasteiger partial charge in [0.15, 0.2) is 0 Å². The van der Waals surface area contributed by atoms with Gasteiger partial charge >= 0.3 is 0 Å². The zero-order valence-electron chi connectivity index (χ0n) is 11.9. The fourth-order valence-corrected chi connectivity index (χ4v) is 3.66. The van der Waals surface area contributed by atoms with Gasteiger partial charge in [0, 0.05) is 22.9 Å². The number of imidazole rings is 1. The second-order valence-electron chi connectivity index (χ2n) is 5.57. The van der Waals surface area contributed by atoms with Gasteiger partial charge in [-0.3, -0.25) is 4.79 Å². The minimum atomic E-state index is -0.0149. The van der Waals surface area contributed by atoms with Gasteiger partial charge in [0.1, 0.15) is 0 Å². The first-order chi connectivity index (χ1) is 10.1. The fraction of sp³-hybridized carbons (Fsp3) is 0.375. The summed E-state index contributed by atoms with van der Waals surface area (Å²) >= 11 is 3.47. The normalized spacial score (nSPS) is 21.4. The highest BCUT2D eigenvalue weighted by Gasteiger charge is 2.30. The summed E-state index contributed by atoms with van der Waals surface area (Å²) in [6.45, 7) is 2.01. The second-order valence-corrected chi connectivity index (χ2v) is 6.43. The second kappa shape index (κ2) is 6.02. The van der Waals surface area contributed by atoms with Gasteiger partial charge in [-0.1, -0.05) is 6.07 Å². The SMILES string of the molecule is Cc1ccc(C(=O)NC2CCCC2n2ccnc2)c(Br)c1. The van der Waals surface area contributed by atoms with Gasteiger partial charge in [-0.05, 0) is 59.8 Å². The number of carbonyl (C=O) groups excluding carboxylic acids is 1. The Kier molecular flexibility index (Phi) is 4.10. The topological polar surface area (TPSA) is 46.9 Å². The predicted octanol–water partition coefficient (Wildman–Crippen LogP) is 3.48. The quantitative estimate of drug-likeness (QED) is 0.923. The summed E-state index contributed by atoms with van der Waals surface area (Å²) in [7, 11) is 0. The molecule has 1 saturated carbocycles. The van der Waals surface area contributed by atoms with Crippen LogP contribution in [-0.4, -0.2) is 21.5 Å². The number of aromatic nitrogens is 2. The molecule has 1 aromatic heterocycles. The molecule has 21 heavy (non-hydrogen) atoms. The van der Waals surface area contributed by atoms with Crippen LogP contribution in [-0.2, 0) is 0 Å². The van der Waals surface area contributed by atoms with Crippen LogP contribution < -0.4 is 5.32 Å². The molecule has 3 rings (SSSR count). The third kappa shape index (κ3) is 3.02. The number of aryl methyl sites for hydroxylation is 1. The van der Waals surface area contributed by atoms with Gasteiger partial charge < -0.3 is 9.88 Å². The third-order valence-corrected chi connectivity index (χ3v) is 4.73. The summed E-state index contributed by atoms with van der Waals surface area (Å²) in [6, 6.07) is 6.27. The highest BCUT2D eigenvalue weighted by molar-refractivity contribution is 9.10. The minimum absolute atomic E-state index is 0.0149. The minimum Gasteiger partial charge on any atom is -0.347 e. The van der Waals surface area contributed by atoms with E-state index in [1.807, 2.05) is 37.6 Å². The average Bonchev–Trinajstić information content (AvgIpc) is 3.08. The number of benzene rings is 1. The summed E-state index contributed by atoms with van der Waals surface area (Å²) in [6.07, 6.45) is 8.80. The molecular formula is C16H18BrN3O. The number of nitrogens with one attached hydrogen (secondary N) is 1. The first-order valence-corrected chi connectivity index (χ1v) is 7.99. The smallest absolute Gasteiger partial charge is 0.252 e. The van der Waals surface area contributed by atoms with Crippen molar-refractivity contribution in [1.29, 1.82) is 0 Å². The van der Waals surface area contributed by atoms with Crippen LogP contribution in [0.3, 0.4) is 0 Å². The Morgan fingerprint density at radius 2 is 2.29 bits per heavy atom. The Morgan fingerprint density at radius 1 is 1.43 bits per heavy atom. The van der Waals surface area contributed by atoms with Crippen molar-refractivity contribution in [3.63, 3.8) is 0 Å². The van der Waals surface area contributed by atoms with Crippen LogP contribution in [0.15, 0.2) is 41.4 Å². The van der Waals surface area contributed by atoms with Crippen LogP contribution in [0.25, 0.3) is 0 Å². The van der Waals surface area contributed by atoms with Crippen molar-refractivity contribution in [3.05, 3.63) is 52.5 Å². The largest absolute Gasteiger partial charge is 0.347 e. The van der Waals surface area contributed by atoms with E-state index in [0.29, 0.717) is 11.6 Å². The molecule has 5 heteroatoms. The standard InChI is InChI=1S/C16H18BrN3O/c1-11-5-6-12(13(17)9-11)16(21)19-14-3-2-4-15(14)20-8-7-18-10-20/h5-10,14-15H,2-4H2,1H3,(H,19,21). The van der Waals surface area contributed by atoms with Crippen molar-refractivity contribution in [2.45, 2.75) is 38.3 Å². The summed E-state index contributed by atoms with van der Waals surface area (Å²) < 4.78 is 2.94. The molecule has 1 fully saturated rings. The molecule has 1 aliphatic carbocycles. The van der Waals surface area contributed by atoms with E-state index in [1.165, 1.54) is 0 Å². The van der Waals surface area contributed by atoms with Gasteiger partial charge in [0.05, 0.1) is 17.9 Å². The molecule has 1 aliphatic rings. The number of rotatable bonds is 3. The lowest BCUT2D eigenvalue weighted by Gasteiger charge is -2.22. The molecule has 4 nitrogen and oxygen atoms in total. The van der Waals surface area contributed by atoms with Gasteiger partial charge in [0.25, 0.3) is 5.91 Å². The molecular weight excluding hydrogens is 330 g/mol. The van der Waals surface area contributed by atoms with E-state index in [9.17, 15) is 4.79 Å². The van der Waals surface area contributed by atoms with Gasteiger partial charge in [-0.2, -0.15) is 0 Å². The molecule has 1 aromatic carbocycles. The number of nitrogens with zero attached hydrogens (tertiary/aromatic N) is 2. The maximum atomic E-state index is 12.5. The first-order valence-electron chi connectivity index (χ1n) is 7.19. The van der Waals surface area contributed by atoms with Crippen LogP contribution in [0.2, 0.25) is 0 Å². The van der Waals surface area contributed by atoms with Crippen LogP contribution in [0.4, 0.5) is 0 Å². The van der Waals surface area contributed by atoms with E-state index in [2.05, 4.69) is 30.8 Å². The van der Waals surface area contributed by atoms with E-state index in [4.69, 9.17) is 0 Å². The monoisotopic (exact) mass is 347 g/mol. The highest BCUT2D eigenvalue weighted by Crippen LogP contribution is 2.30. The van der Waals surface area contributed by atoms with Crippen LogP contribution in [0.5, 0.6) is 0 Å². The fourth-order valence-electron chi connectivity index (χ4n) is 2.98. The van der Waals surface area contributed by atoms with E-state index in [-0.39, 0.29) is 11.9 Å². The Labute approximate surface area is 132 Å². The average molecular weight is 348 g/mol. The van der Waals surface area contributed by atoms with Crippen LogP contribution in [0.1, 0.15) is 41.2 Å². The van der Waals surface area contributed by atoms with Crippen molar-refractivity contribution < 1.29 is 4.79 Å². The van der Waals surface area contributed by atoms with E-state index >= 15 is 0 Å². The predicted molar refractivity (Wildman–Crippen MR) is 85.2 cm³/mol. The van der Waals surface area contributed by atoms with Crippen molar-refractivity contribution in [1.82, 2.24) is 14.9 Å². The Morgan fingerprint density at radius 3 is 3.00 bits per heavy atom. The lowest BCUT2D eigenvalue weighted by molar-refractivity contribution is 0.0928. The maximum absolute atomic E-state index is 12.5. The Bertz CT molecular complexity index is 639. The number of carbonyl (C=O) groups is 1. The van der Waals surface area contributed by atoms with E-state index < -0.39 is 0 Å². The lowest BCUT2D eigenvalue weighted by atomic mass is 10.1. The summed E-state index contributed by atoms with van der Waals surface area (Å²) in [5, 5.41) is 3.18. The van der Waals surface area contributed by atoms with Crippen molar-refractivity contribution in [3.8, 4) is 0 Å². The van der Waals surface area contributed by atoms with Gasteiger partial charge in [0.2, 0.25) is 0 Å². The summed E-state index contributed by atoms with van der Waals surface area (Å²) in [5.74, 6) is -0.0149. The molecule has 1 N–H and O–H groups in total. The van der Waals surface area contributed by atoms with E-state index in [0.717, 1.165) is 29.3 Å². The van der Waals surface area contributed by atoms with Crippen molar-refractivity contribution in [2.24, 2.45) is 0 Å². The number of amides is 1. The molecule has 110 valence electrons. The van der Waals surface area contributed by atoms with Crippen LogP contribution in [0, 0.1) is 6.92 Å². The third-order valence-electron chi connectivity index (χ3n) is 4.07. The molecule has 0 bridgehead atoms. The van der Waals surface area contributed by atoms with Crippen LogP contribution >= 0.6 is 15.9 Å². The number of halogens is 1. The molecule has 2 unspecified atom stereocenters. The van der Waals surface area contributed by atoms with Gasteiger partial charge in [-0.15, -0.1) is 0 Å². The zero-order chi connectivity index (χ0) is 14.8. The zero-order valence-corrected chi connectivity index (χ0v) is 13.5.